The van der Waals surface area contributed by atoms with Crippen LogP contribution in [0.5, 0.6) is 0 Å². The van der Waals surface area contributed by atoms with E-state index in [9.17, 15) is 9.90 Å². The number of rotatable bonds is 3. The van der Waals surface area contributed by atoms with Crippen molar-refractivity contribution in [2.75, 3.05) is 19.7 Å². The molecule has 1 aliphatic rings. The van der Waals surface area contributed by atoms with Crippen molar-refractivity contribution in [2.24, 2.45) is 5.92 Å². The molecule has 1 aliphatic heterocycles. The van der Waals surface area contributed by atoms with Crippen molar-refractivity contribution >= 4 is 38.2 Å². The standard InChI is InChI=1S/C22H21N3O2S/c26-13-14-5-7-25(8-6-14)22(27)16-9-17-12-23-24-21(17)18(10-16)20-11-15-3-1-2-4-19(15)28-20/h1-4,9-12,14,26H,5-8,13H2,(H,23,24). The topological polar surface area (TPSA) is 69.2 Å². The lowest BCUT2D eigenvalue weighted by Crippen LogP contribution is -2.39. The SMILES string of the molecule is O=C(c1cc(-c2cc3ccccc3s2)c2[nH]ncc2c1)N1CCC(CO)CC1. The molecule has 1 saturated heterocycles. The second kappa shape index (κ2) is 7.04. The van der Waals surface area contributed by atoms with E-state index < -0.39 is 0 Å². The largest absolute Gasteiger partial charge is 0.396 e. The van der Waals surface area contributed by atoms with E-state index >= 15 is 0 Å². The van der Waals surface area contributed by atoms with Gasteiger partial charge in [-0.2, -0.15) is 5.10 Å². The van der Waals surface area contributed by atoms with Gasteiger partial charge < -0.3 is 10.0 Å². The minimum atomic E-state index is 0.0573. The summed E-state index contributed by atoms with van der Waals surface area (Å²) in [5.74, 6) is 0.372. The molecular formula is C22H21N3O2S. The van der Waals surface area contributed by atoms with Crippen LogP contribution in [0.4, 0.5) is 0 Å². The molecule has 2 aromatic heterocycles. The average molecular weight is 391 g/mol. The van der Waals surface area contributed by atoms with E-state index in [0.29, 0.717) is 24.6 Å². The molecule has 0 atom stereocenters. The number of H-pyrrole nitrogens is 1. The predicted molar refractivity (Wildman–Crippen MR) is 113 cm³/mol. The molecule has 4 aromatic rings. The highest BCUT2D eigenvalue weighted by Crippen LogP contribution is 2.37. The minimum absolute atomic E-state index is 0.0573. The van der Waals surface area contributed by atoms with Gasteiger partial charge in [0.05, 0.1) is 11.7 Å². The number of amides is 1. The molecule has 5 nitrogen and oxygen atoms in total. The van der Waals surface area contributed by atoms with Crippen LogP contribution in [0.15, 0.2) is 48.7 Å². The van der Waals surface area contributed by atoms with Crippen molar-refractivity contribution in [1.82, 2.24) is 15.1 Å². The molecule has 0 radical (unpaired) electrons. The monoisotopic (exact) mass is 391 g/mol. The van der Waals surface area contributed by atoms with E-state index in [4.69, 9.17) is 0 Å². The first-order valence-electron chi connectivity index (χ1n) is 9.59. The quantitative estimate of drug-likeness (QED) is 0.547. The smallest absolute Gasteiger partial charge is 0.253 e. The van der Waals surface area contributed by atoms with E-state index in [1.807, 2.05) is 29.2 Å². The summed E-state index contributed by atoms with van der Waals surface area (Å²) < 4.78 is 1.23. The van der Waals surface area contributed by atoms with Crippen molar-refractivity contribution in [2.45, 2.75) is 12.8 Å². The zero-order valence-electron chi connectivity index (χ0n) is 15.4. The number of aromatic nitrogens is 2. The first-order chi connectivity index (χ1) is 13.7. The molecule has 2 N–H and O–H groups in total. The number of aliphatic hydroxyl groups is 1. The van der Waals surface area contributed by atoms with E-state index in [2.05, 4.69) is 28.4 Å². The van der Waals surface area contributed by atoms with Crippen LogP contribution in [-0.4, -0.2) is 45.8 Å². The molecule has 142 valence electrons. The third kappa shape index (κ3) is 2.99. The molecular weight excluding hydrogens is 370 g/mol. The van der Waals surface area contributed by atoms with Crippen molar-refractivity contribution in [3.63, 3.8) is 0 Å². The summed E-state index contributed by atoms with van der Waals surface area (Å²) >= 11 is 1.73. The number of aliphatic hydroxyl groups excluding tert-OH is 1. The van der Waals surface area contributed by atoms with Gasteiger partial charge in [-0.05, 0) is 48.4 Å². The number of fused-ring (bicyclic) bond motifs is 2. The Morgan fingerprint density at radius 1 is 1.18 bits per heavy atom. The number of nitrogens with zero attached hydrogens (tertiary/aromatic N) is 2. The van der Waals surface area contributed by atoms with Crippen molar-refractivity contribution in [1.29, 1.82) is 0 Å². The molecule has 0 spiro atoms. The van der Waals surface area contributed by atoms with Gasteiger partial charge in [0.25, 0.3) is 5.91 Å². The fourth-order valence-corrected chi connectivity index (χ4v) is 5.08. The third-order valence-electron chi connectivity index (χ3n) is 5.65. The fraction of sp³-hybridized carbons (Fsp3) is 0.273. The molecule has 0 bridgehead atoms. The normalized spacial score (nSPS) is 15.5. The molecule has 0 saturated carbocycles. The van der Waals surface area contributed by atoms with E-state index in [0.717, 1.165) is 34.2 Å². The summed E-state index contributed by atoms with van der Waals surface area (Å²) in [4.78, 5) is 16.2. The van der Waals surface area contributed by atoms with Crippen LogP contribution in [0.25, 0.3) is 31.4 Å². The minimum Gasteiger partial charge on any atom is -0.396 e. The number of benzene rings is 2. The van der Waals surface area contributed by atoms with Crippen molar-refractivity contribution < 1.29 is 9.90 Å². The summed E-state index contributed by atoms with van der Waals surface area (Å²) in [7, 11) is 0. The molecule has 3 heterocycles. The van der Waals surface area contributed by atoms with Crippen LogP contribution >= 0.6 is 11.3 Å². The van der Waals surface area contributed by atoms with E-state index in [-0.39, 0.29) is 12.5 Å². The van der Waals surface area contributed by atoms with Gasteiger partial charge in [-0.25, -0.2) is 0 Å². The van der Waals surface area contributed by atoms with Crippen LogP contribution in [0.3, 0.4) is 0 Å². The molecule has 2 aromatic carbocycles. The van der Waals surface area contributed by atoms with Gasteiger partial charge in [-0.3, -0.25) is 9.89 Å². The van der Waals surface area contributed by atoms with Crippen LogP contribution in [0.1, 0.15) is 23.2 Å². The summed E-state index contributed by atoms with van der Waals surface area (Å²) in [5, 5.41) is 18.8. The number of hydrogen-bond acceptors (Lipinski definition) is 4. The maximum absolute atomic E-state index is 13.2. The second-order valence-electron chi connectivity index (χ2n) is 7.42. The lowest BCUT2D eigenvalue weighted by Gasteiger charge is -2.31. The Labute approximate surface area is 166 Å². The van der Waals surface area contributed by atoms with E-state index in [1.165, 1.54) is 10.1 Å². The maximum Gasteiger partial charge on any atom is 0.253 e. The highest BCUT2D eigenvalue weighted by atomic mass is 32.1. The molecule has 1 amide bonds. The van der Waals surface area contributed by atoms with Gasteiger partial charge in [-0.15, -0.1) is 11.3 Å². The first kappa shape index (κ1) is 17.4. The van der Waals surface area contributed by atoms with Crippen LogP contribution in [0, 0.1) is 5.92 Å². The average Bonchev–Trinajstić information content (AvgIpc) is 3.39. The third-order valence-corrected chi connectivity index (χ3v) is 6.80. The Hall–Kier alpha value is -2.70. The maximum atomic E-state index is 13.2. The van der Waals surface area contributed by atoms with Gasteiger partial charge in [0.15, 0.2) is 0 Å². The summed E-state index contributed by atoms with van der Waals surface area (Å²) in [6.45, 7) is 1.61. The summed E-state index contributed by atoms with van der Waals surface area (Å²) in [6, 6.07) is 14.4. The first-order valence-corrected chi connectivity index (χ1v) is 10.4. The number of carbonyl (C=O) groups excluding carboxylic acids is 1. The van der Waals surface area contributed by atoms with Crippen LogP contribution < -0.4 is 0 Å². The second-order valence-corrected chi connectivity index (χ2v) is 8.51. The highest BCUT2D eigenvalue weighted by molar-refractivity contribution is 7.22. The fourth-order valence-electron chi connectivity index (χ4n) is 3.99. The zero-order chi connectivity index (χ0) is 19.1. The molecule has 0 unspecified atom stereocenters. The number of hydrogen-bond donors (Lipinski definition) is 2. The van der Waals surface area contributed by atoms with Gasteiger partial charge >= 0.3 is 0 Å². The number of nitrogens with one attached hydrogen (secondary N) is 1. The molecule has 5 rings (SSSR count). The highest BCUT2D eigenvalue weighted by Gasteiger charge is 2.24. The van der Waals surface area contributed by atoms with Gasteiger partial charge in [0, 0.05) is 45.8 Å². The van der Waals surface area contributed by atoms with Crippen molar-refractivity contribution in [3.8, 4) is 10.4 Å². The predicted octanol–water partition coefficient (Wildman–Crippen LogP) is 4.29. The van der Waals surface area contributed by atoms with Gasteiger partial charge in [0.2, 0.25) is 0 Å². The van der Waals surface area contributed by atoms with Gasteiger partial charge in [0.1, 0.15) is 0 Å². The molecule has 6 heteroatoms. The van der Waals surface area contributed by atoms with Gasteiger partial charge in [-0.1, -0.05) is 18.2 Å². The Morgan fingerprint density at radius 2 is 2.00 bits per heavy atom. The number of carbonyl (C=O) groups is 1. The number of aromatic amines is 1. The molecule has 1 fully saturated rings. The molecule has 28 heavy (non-hydrogen) atoms. The van der Waals surface area contributed by atoms with E-state index in [1.54, 1.807) is 17.5 Å². The summed E-state index contributed by atoms with van der Waals surface area (Å²) in [5.41, 5.74) is 2.68. The Bertz CT molecular complexity index is 1120. The van der Waals surface area contributed by atoms with Crippen LogP contribution in [0.2, 0.25) is 0 Å². The lowest BCUT2D eigenvalue weighted by molar-refractivity contribution is 0.0651. The van der Waals surface area contributed by atoms with Crippen molar-refractivity contribution in [3.05, 3.63) is 54.2 Å². The number of piperidine rings is 1. The number of likely N-dealkylation sites (tertiary alicyclic amines) is 1. The summed E-state index contributed by atoms with van der Waals surface area (Å²) in [6.07, 6.45) is 3.50. The zero-order valence-corrected chi connectivity index (χ0v) is 16.2. The molecule has 0 aliphatic carbocycles. The lowest BCUT2D eigenvalue weighted by atomic mass is 9.97. The Kier molecular flexibility index (Phi) is 4.37. The Morgan fingerprint density at radius 3 is 2.79 bits per heavy atom. The van der Waals surface area contributed by atoms with Crippen LogP contribution in [-0.2, 0) is 0 Å². The Balaban J connectivity index is 1.55. The number of thiophene rings is 1.